The minimum atomic E-state index is -4.83. The number of nitrogens with one attached hydrogen (secondary N) is 1. The van der Waals surface area contributed by atoms with Crippen molar-refractivity contribution in [2.45, 2.75) is 64.7 Å². The van der Waals surface area contributed by atoms with E-state index in [4.69, 9.17) is 14.6 Å². The molecule has 1 amide bonds. The van der Waals surface area contributed by atoms with Gasteiger partial charge < -0.3 is 24.7 Å². The first kappa shape index (κ1) is 38.0. The molecule has 0 aromatic heterocycles. The summed E-state index contributed by atoms with van der Waals surface area (Å²) in [5.41, 5.74) is -3.24. The Labute approximate surface area is 223 Å². The highest BCUT2D eigenvalue weighted by atomic mass is 19.4. The maximum Gasteiger partial charge on any atom is 0.416 e. The van der Waals surface area contributed by atoms with Gasteiger partial charge in [-0.1, -0.05) is 18.7 Å². The zero-order valence-corrected chi connectivity index (χ0v) is 22.6. The highest BCUT2D eigenvalue weighted by Gasteiger charge is 2.37. The normalized spacial score (nSPS) is 13.8. The van der Waals surface area contributed by atoms with Crippen LogP contribution in [0.25, 0.3) is 0 Å². The molecule has 2 unspecified atom stereocenters. The van der Waals surface area contributed by atoms with Crippen LogP contribution in [0.5, 0.6) is 0 Å². The third-order valence-electron chi connectivity index (χ3n) is 4.37. The number of alkyl carbamates (subject to hydrolysis) is 1. The Bertz CT molecular complexity index is 962. The second-order valence-electron chi connectivity index (χ2n) is 8.56. The van der Waals surface area contributed by atoms with Crippen LogP contribution < -0.4 is 5.32 Å². The number of carbonyl (C=O) groups excluding carboxylic acids is 2. The van der Waals surface area contributed by atoms with Crippen molar-refractivity contribution in [3.8, 4) is 0 Å². The molecule has 39 heavy (non-hydrogen) atoms. The van der Waals surface area contributed by atoms with E-state index >= 15 is 0 Å². The zero-order valence-electron chi connectivity index (χ0n) is 22.6. The maximum absolute atomic E-state index is 12.9. The van der Waals surface area contributed by atoms with Gasteiger partial charge in [0.05, 0.1) is 17.2 Å². The smallest absolute Gasteiger partial charge is 0.416 e. The van der Waals surface area contributed by atoms with Crippen LogP contribution in [-0.2, 0) is 26.6 Å². The number of carbonyl (C=O) groups is 2. The van der Waals surface area contributed by atoms with Gasteiger partial charge in [0.25, 0.3) is 0 Å². The van der Waals surface area contributed by atoms with E-state index < -0.39 is 53.1 Å². The van der Waals surface area contributed by atoms with Gasteiger partial charge in [0, 0.05) is 14.2 Å². The van der Waals surface area contributed by atoms with Crippen LogP contribution in [0.2, 0.25) is 0 Å². The molecule has 2 N–H and O–H groups in total. The molecule has 1 aromatic carbocycles. The summed E-state index contributed by atoms with van der Waals surface area (Å²) in [4.78, 5) is 22.4. The monoisotopic (exact) mass is 573 g/mol. The predicted octanol–water partition coefficient (Wildman–Crippen LogP) is 7.10. The Balaban J connectivity index is 0. The van der Waals surface area contributed by atoms with Crippen LogP contribution >= 0.6 is 0 Å². The fourth-order valence-electron chi connectivity index (χ4n) is 2.38. The summed E-state index contributed by atoms with van der Waals surface area (Å²) in [5.74, 6) is -0.455. The molecule has 13 heteroatoms. The molecule has 1 aromatic rings. The van der Waals surface area contributed by atoms with Gasteiger partial charge in [-0.2, -0.15) is 26.3 Å². The summed E-state index contributed by atoms with van der Waals surface area (Å²) in [7, 11) is 2.21. The molecular formula is C26H34F7NO5. The minimum absolute atomic E-state index is 0.0892. The van der Waals surface area contributed by atoms with Crippen LogP contribution in [0.4, 0.5) is 35.5 Å². The van der Waals surface area contributed by atoms with Crippen LogP contribution in [0.15, 0.2) is 54.4 Å². The van der Waals surface area contributed by atoms with Gasteiger partial charge in [0.1, 0.15) is 23.8 Å². The number of benzene rings is 1. The lowest BCUT2D eigenvalue weighted by molar-refractivity contribution is -0.143. The number of rotatable bonds is 7. The highest BCUT2D eigenvalue weighted by Crippen LogP contribution is 2.37. The summed E-state index contributed by atoms with van der Waals surface area (Å²) < 4.78 is 97.6. The molecule has 1 rings (SSSR count). The summed E-state index contributed by atoms with van der Waals surface area (Å²) >= 11 is 0. The molecule has 2 atom stereocenters. The molecule has 0 aliphatic rings. The molecule has 6 nitrogen and oxygen atoms in total. The van der Waals surface area contributed by atoms with Crippen LogP contribution in [-0.4, -0.2) is 43.3 Å². The van der Waals surface area contributed by atoms with Gasteiger partial charge in [-0.05, 0) is 70.0 Å². The van der Waals surface area contributed by atoms with Gasteiger partial charge in [-0.3, -0.25) is 0 Å². The standard InChI is InChI=1S/C14H20FNO3.C11H10F6O.CH4O/c1-6-11(15)8-7-10(2)12(9-17)16-13(18)19-14(3,4)5;1-6(18-2)7-3-8(10(12,13)14)5-9(4-7)11(15,16)17;1-2/h6-9,12H,2H2,1,3-5H3,(H,16,18);3-6H,1-2H3;2H,1H3/b8-7-,11-6+;;. The Morgan fingerprint density at radius 3 is 1.79 bits per heavy atom. The van der Waals surface area contributed by atoms with E-state index in [2.05, 4.69) is 11.9 Å². The third kappa shape index (κ3) is 15.7. The summed E-state index contributed by atoms with van der Waals surface area (Å²) in [6, 6.07) is 0.453. The molecule has 0 saturated heterocycles. The number of amides is 1. The summed E-state index contributed by atoms with van der Waals surface area (Å²) in [6.07, 6.45) is -6.99. The lowest BCUT2D eigenvalue weighted by Crippen LogP contribution is -2.40. The maximum atomic E-state index is 12.9. The van der Waals surface area contributed by atoms with Crippen molar-refractivity contribution < 1.29 is 54.9 Å². The number of hydrogen-bond donors (Lipinski definition) is 2. The van der Waals surface area contributed by atoms with E-state index in [1.165, 1.54) is 26.2 Å². The third-order valence-corrected chi connectivity index (χ3v) is 4.37. The Morgan fingerprint density at radius 1 is 1.00 bits per heavy atom. The van der Waals surface area contributed by atoms with E-state index in [9.17, 15) is 40.3 Å². The number of ether oxygens (including phenoxy) is 2. The first-order valence-corrected chi connectivity index (χ1v) is 11.2. The van der Waals surface area contributed by atoms with Crippen LogP contribution in [0, 0.1) is 0 Å². The number of allylic oxidation sites excluding steroid dienone is 3. The molecule has 0 heterocycles. The number of aldehydes is 1. The molecule has 0 fully saturated rings. The van der Waals surface area contributed by atoms with E-state index in [0.29, 0.717) is 18.4 Å². The predicted molar refractivity (Wildman–Crippen MR) is 132 cm³/mol. The van der Waals surface area contributed by atoms with E-state index in [1.54, 1.807) is 27.7 Å². The number of hydrogen-bond acceptors (Lipinski definition) is 5. The Morgan fingerprint density at radius 2 is 1.46 bits per heavy atom. The second-order valence-corrected chi connectivity index (χ2v) is 8.56. The summed E-state index contributed by atoms with van der Waals surface area (Å²) in [5, 5.41) is 9.34. The van der Waals surface area contributed by atoms with Crippen LogP contribution in [0.1, 0.15) is 57.4 Å². The van der Waals surface area contributed by atoms with Crippen molar-refractivity contribution in [3.05, 3.63) is 71.1 Å². The quantitative estimate of drug-likeness (QED) is 0.206. The van der Waals surface area contributed by atoms with Gasteiger partial charge in [-0.15, -0.1) is 0 Å². The Kier molecular flexibility index (Phi) is 16.3. The van der Waals surface area contributed by atoms with E-state index in [1.807, 2.05) is 0 Å². The van der Waals surface area contributed by atoms with Crippen molar-refractivity contribution in [1.29, 1.82) is 0 Å². The van der Waals surface area contributed by atoms with Gasteiger partial charge in [0.15, 0.2) is 0 Å². The Hall–Kier alpha value is -3.19. The first-order valence-electron chi connectivity index (χ1n) is 11.2. The molecule has 0 radical (unpaired) electrons. The van der Waals surface area contributed by atoms with Crippen molar-refractivity contribution in [1.82, 2.24) is 5.32 Å². The average molecular weight is 574 g/mol. The minimum Gasteiger partial charge on any atom is -0.444 e. The fourth-order valence-corrected chi connectivity index (χ4v) is 2.38. The highest BCUT2D eigenvalue weighted by molar-refractivity contribution is 5.76. The molecular weight excluding hydrogens is 539 g/mol. The van der Waals surface area contributed by atoms with Gasteiger partial charge >= 0.3 is 18.4 Å². The zero-order chi connectivity index (χ0) is 31.2. The lowest BCUT2D eigenvalue weighted by Gasteiger charge is -2.21. The number of aliphatic hydroxyl groups is 1. The van der Waals surface area contributed by atoms with Gasteiger partial charge in [-0.25, -0.2) is 9.18 Å². The molecule has 0 spiro atoms. The van der Waals surface area contributed by atoms with E-state index in [0.717, 1.165) is 13.2 Å². The first-order chi connectivity index (χ1) is 17.7. The van der Waals surface area contributed by atoms with Crippen molar-refractivity contribution in [3.63, 3.8) is 0 Å². The number of methoxy groups -OCH3 is 1. The summed E-state index contributed by atoms with van der Waals surface area (Å²) in [6.45, 7) is 11.6. The largest absolute Gasteiger partial charge is 0.444 e. The molecule has 0 bridgehead atoms. The average Bonchev–Trinajstić information content (AvgIpc) is 2.84. The fraction of sp³-hybridized carbons (Fsp3) is 0.462. The van der Waals surface area contributed by atoms with Crippen molar-refractivity contribution in [2.24, 2.45) is 0 Å². The number of aliphatic hydroxyl groups excluding tert-OH is 1. The number of halogens is 7. The SMILES string of the molecule is C=C(/C=C\C(F)=C/C)C(C=O)NC(=O)OC(C)(C)C.CO.COC(C)c1cc(C(F)(F)F)cc(C(F)(F)F)c1. The van der Waals surface area contributed by atoms with E-state index in [-0.39, 0.29) is 17.2 Å². The molecule has 0 saturated carbocycles. The van der Waals surface area contributed by atoms with Crippen molar-refractivity contribution in [2.75, 3.05) is 14.2 Å². The van der Waals surface area contributed by atoms with Crippen molar-refractivity contribution >= 4 is 12.4 Å². The van der Waals surface area contributed by atoms with Crippen LogP contribution in [0.3, 0.4) is 0 Å². The lowest BCUT2D eigenvalue weighted by atomic mass is 10.0. The molecule has 222 valence electrons. The topological polar surface area (TPSA) is 84.9 Å². The molecule has 0 aliphatic heterocycles. The van der Waals surface area contributed by atoms with Gasteiger partial charge in [0.2, 0.25) is 0 Å². The second kappa shape index (κ2) is 16.7. The molecule has 0 aliphatic carbocycles. The number of alkyl halides is 6.